The third-order valence-corrected chi connectivity index (χ3v) is 8.98. The van der Waals surface area contributed by atoms with Crippen LogP contribution in [0.2, 0.25) is 5.02 Å². The van der Waals surface area contributed by atoms with Crippen molar-refractivity contribution in [1.29, 1.82) is 0 Å². The summed E-state index contributed by atoms with van der Waals surface area (Å²) < 4.78 is 6.92. The van der Waals surface area contributed by atoms with Gasteiger partial charge in [-0.15, -0.1) is 23.1 Å². The molecule has 0 spiro atoms. The number of hydrogen-bond acceptors (Lipinski definition) is 6. The van der Waals surface area contributed by atoms with E-state index in [1.165, 1.54) is 11.8 Å². The van der Waals surface area contributed by atoms with Gasteiger partial charge in [0, 0.05) is 30.8 Å². The molecule has 3 heterocycles. The lowest BCUT2D eigenvalue weighted by Gasteiger charge is -2.24. The number of aromatic nitrogens is 2. The van der Waals surface area contributed by atoms with E-state index in [2.05, 4.69) is 5.32 Å². The van der Waals surface area contributed by atoms with Crippen molar-refractivity contribution >= 4 is 52.3 Å². The van der Waals surface area contributed by atoms with Crippen molar-refractivity contribution in [3.05, 3.63) is 87.8 Å². The van der Waals surface area contributed by atoms with Gasteiger partial charge in [-0.25, -0.2) is 4.68 Å². The van der Waals surface area contributed by atoms with E-state index in [1.54, 1.807) is 23.3 Å². The second kappa shape index (κ2) is 12.4. The first-order valence-corrected chi connectivity index (χ1v) is 14.9. The van der Waals surface area contributed by atoms with E-state index in [0.29, 0.717) is 30.4 Å². The van der Waals surface area contributed by atoms with Crippen LogP contribution >= 0.6 is 34.7 Å². The second-order valence-corrected chi connectivity index (χ2v) is 11.6. The highest BCUT2D eigenvalue weighted by molar-refractivity contribution is 8.00. The minimum Gasteiger partial charge on any atom is -0.385 e. The Morgan fingerprint density at radius 3 is 2.69 bits per heavy atom. The number of hydrogen-bond donors (Lipinski definition) is 1. The molecular weight excluding hydrogens is 552 g/mol. The van der Waals surface area contributed by atoms with Gasteiger partial charge in [-0.05, 0) is 48.1 Å². The van der Waals surface area contributed by atoms with Crippen LogP contribution in [-0.2, 0) is 14.3 Å². The van der Waals surface area contributed by atoms with Crippen molar-refractivity contribution in [2.24, 2.45) is 0 Å². The summed E-state index contributed by atoms with van der Waals surface area (Å²) in [6, 6.07) is 19.7. The second-order valence-electron chi connectivity index (χ2n) is 9.15. The number of benzene rings is 2. The van der Waals surface area contributed by atoms with Gasteiger partial charge in [-0.3, -0.25) is 14.5 Å². The zero-order valence-corrected chi connectivity index (χ0v) is 24.1. The minimum absolute atomic E-state index is 0.115. The quantitative estimate of drug-likeness (QED) is 0.250. The lowest BCUT2D eigenvalue weighted by Crippen LogP contribution is -2.42. The van der Waals surface area contributed by atoms with Crippen molar-refractivity contribution in [3.63, 3.8) is 0 Å². The Bertz CT molecular complexity index is 1470. The number of carbonyl (C=O) groups is 2. The van der Waals surface area contributed by atoms with Crippen LogP contribution in [0.25, 0.3) is 16.3 Å². The predicted molar refractivity (Wildman–Crippen MR) is 159 cm³/mol. The van der Waals surface area contributed by atoms with Gasteiger partial charge in [-0.2, -0.15) is 5.10 Å². The van der Waals surface area contributed by atoms with Crippen LogP contribution in [0.5, 0.6) is 0 Å². The van der Waals surface area contributed by atoms with Crippen LogP contribution in [-0.4, -0.2) is 54.2 Å². The third kappa shape index (κ3) is 5.77. The Kier molecular flexibility index (Phi) is 8.72. The Balaban J connectivity index is 1.71. The fraction of sp³-hybridized carbons (Fsp3) is 0.276. The molecule has 202 valence electrons. The maximum Gasteiger partial charge on any atom is 0.240 e. The van der Waals surface area contributed by atoms with Gasteiger partial charge in [0.1, 0.15) is 18.1 Å². The Hall–Kier alpha value is -3.11. The SMILES string of the molecule is COCCCNC(=O)CN1C(=O)CSC(c2ccccc2Cl)c2c(-c3cccs3)nn(-c3ccccc3C)c21. The summed E-state index contributed by atoms with van der Waals surface area (Å²) in [5, 5.41) is 10.4. The van der Waals surface area contributed by atoms with Crippen LogP contribution in [0.3, 0.4) is 0 Å². The van der Waals surface area contributed by atoms with E-state index in [1.807, 2.05) is 77.6 Å². The van der Waals surface area contributed by atoms with Gasteiger partial charge >= 0.3 is 0 Å². The molecule has 7 nitrogen and oxygen atoms in total. The molecule has 1 aliphatic heterocycles. The summed E-state index contributed by atoms with van der Waals surface area (Å²) in [5.41, 5.74) is 4.41. The molecule has 2 amide bonds. The molecule has 1 atom stereocenters. The number of methoxy groups -OCH3 is 1. The summed E-state index contributed by atoms with van der Waals surface area (Å²) >= 11 is 9.83. The van der Waals surface area contributed by atoms with Crippen molar-refractivity contribution in [2.75, 3.05) is 37.5 Å². The third-order valence-electron chi connectivity index (χ3n) is 6.52. The molecule has 1 N–H and O–H groups in total. The lowest BCUT2D eigenvalue weighted by atomic mass is 10.0. The highest BCUT2D eigenvalue weighted by Crippen LogP contribution is 2.50. The molecule has 4 aromatic rings. The fourth-order valence-corrected chi connectivity index (χ4v) is 6.93. The topological polar surface area (TPSA) is 76.5 Å². The van der Waals surface area contributed by atoms with E-state index in [4.69, 9.17) is 21.4 Å². The first kappa shape index (κ1) is 27.5. The maximum absolute atomic E-state index is 13.7. The van der Waals surface area contributed by atoms with Gasteiger partial charge in [0.05, 0.1) is 21.6 Å². The average Bonchev–Trinajstić information content (AvgIpc) is 3.57. The molecule has 0 bridgehead atoms. The summed E-state index contributed by atoms with van der Waals surface area (Å²) in [6.45, 7) is 2.92. The number of thioether (sulfide) groups is 1. The number of para-hydroxylation sites is 1. The monoisotopic (exact) mass is 580 g/mol. The Labute approximate surface area is 241 Å². The minimum atomic E-state index is -0.262. The highest BCUT2D eigenvalue weighted by atomic mass is 35.5. The number of carbonyl (C=O) groups excluding carboxylic acids is 2. The zero-order valence-electron chi connectivity index (χ0n) is 21.7. The van der Waals surface area contributed by atoms with Gasteiger partial charge in [-0.1, -0.05) is 54.1 Å². The predicted octanol–water partition coefficient (Wildman–Crippen LogP) is 5.88. The molecule has 5 rings (SSSR count). The van der Waals surface area contributed by atoms with Crippen LogP contribution in [0.1, 0.15) is 28.4 Å². The van der Waals surface area contributed by atoms with E-state index in [0.717, 1.165) is 32.9 Å². The van der Waals surface area contributed by atoms with E-state index in [-0.39, 0.29) is 29.4 Å². The molecule has 39 heavy (non-hydrogen) atoms. The molecule has 0 fully saturated rings. The normalized spacial score (nSPS) is 15.2. The molecule has 10 heteroatoms. The molecule has 0 aliphatic carbocycles. The Morgan fingerprint density at radius 1 is 1.15 bits per heavy atom. The van der Waals surface area contributed by atoms with Gasteiger partial charge in [0.2, 0.25) is 11.8 Å². The van der Waals surface area contributed by atoms with Crippen molar-refractivity contribution in [3.8, 4) is 16.3 Å². The number of halogens is 1. The number of anilines is 1. The fourth-order valence-electron chi connectivity index (χ4n) is 4.66. The summed E-state index contributed by atoms with van der Waals surface area (Å²) in [7, 11) is 1.63. The maximum atomic E-state index is 13.7. The number of nitrogens with one attached hydrogen (secondary N) is 1. The first-order valence-electron chi connectivity index (χ1n) is 12.6. The lowest BCUT2D eigenvalue weighted by molar-refractivity contribution is -0.122. The van der Waals surface area contributed by atoms with Gasteiger partial charge in [0.25, 0.3) is 0 Å². The summed E-state index contributed by atoms with van der Waals surface area (Å²) in [6.07, 6.45) is 0.690. The Morgan fingerprint density at radius 2 is 1.95 bits per heavy atom. The van der Waals surface area contributed by atoms with E-state index >= 15 is 0 Å². The standard InChI is InChI=1S/C29H29ClN4O3S2/c1-19-9-3-6-12-22(19)34-29-26(27(32-34)23-13-7-16-38-23)28(20-10-4-5-11-21(20)30)39-18-25(36)33(29)17-24(35)31-14-8-15-37-2/h3-7,9-13,16,28H,8,14-15,17-18H2,1-2H3,(H,31,35). The van der Waals surface area contributed by atoms with E-state index in [9.17, 15) is 9.59 Å². The van der Waals surface area contributed by atoms with Crippen LogP contribution in [0.15, 0.2) is 66.0 Å². The van der Waals surface area contributed by atoms with Gasteiger partial charge < -0.3 is 10.1 Å². The smallest absolute Gasteiger partial charge is 0.240 e. The molecule has 2 aromatic heterocycles. The first-order chi connectivity index (χ1) is 19.0. The molecule has 1 aliphatic rings. The number of nitrogens with zero attached hydrogens (tertiary/aromatic N) is 3. The molecule has 0 radical (unpaired) electrons. The molecule has 1 unspecified atom stereocenters. The van der Waals surface area contributed by atoms with Crippen molar-refractivity contribution in [1.82, 2.24) is 15.1 Å². The number of rotatable bonds is 9. The molecule has 0 saturated heterocycles. The molecular formula is C29H29ClN4O3S2. The molecule has 2 aromatic carbocycles. The van der Waals surface area contributed by atoms with Crippen LogP contribution in [0, 0.1) is 6.92 Å². The number of aryl methyl sites for hydroxylation is 1. The van der Waals surface area contributed by atoms with Crippen molar-refractivity contribution in [2.45, 2.75) is 18.6 Å². The van der Waals surface area contributed by atoms with Crippen LogP contribution in [0.4, 0.5) is 5.82 Å². The zero-order chi connectivity index (χ0) is 27.4. The molecule has 0 saturated carbocycles. The number of thiophene rings is 1. The van der Waals surface area contributed by atoms with Crippen molar-refractivity contribution < 1.29 is 14.3 Å². The number of ether oxygens (including phenoxy) is 1. The summed E-state index contributed by atoms with van der Waals surface area (Å²) in [4.78, 5) is 29.4. The summed E-state index contributed by atoms with van der Waals surface area (Å²) in [5.74, 6) is 0.399. The number of fused-ring (bicyclic) bond motifs is 1. The largest absolute Gasteiger partial charge is 0.385 e. The van der Waals surface area contributed by atoms with Crippen LogP contribution < -0.4 is 10.2 Å². The van der Waals surface area contributed by atoms with Gasteiger partial charge in [0.15, 0.2) is 0 Å². The number of amides is 2. The average molecular weight is 581 g/mol. The highest BCUT2D eigenvalue weighted by Gasteiger charge is 2.38. The van der Waals surface area contributed by atoms with E-state index < -0.39 is 0 Å².